The van der Waals surface area contributed by atoms with Crippen LogP contribution in [0.15, 0.2) is 24.3 Å². The van der Waals surface area contributed by atoms with Crippen LogP contribution in [0.2, 0.25) is 5.15 Å². The van der Waals surface area contributed by atoms with Crippen LogP contribution in [0.3, 0.4) is 0 Å². The topological polar surface area (TPSA) is 39.1 Å². The normalized spacial score (nSPS) is 10.4. The summed E-state index contributed by atoms with van der Waals surface area (Å²) in [5.74, 6) is 0.844. The van der Waals surface area contributed by atoms with Crippen LogP contribution < -0.4 is 10.1 Å². The minimum absolute atomic E-state index is 0.658. The molecular weight excluding hydrogens is 250 g/mol. The molecule has 0 bridgehead atoms. The molecule has 0 amide bonds. The molecule has 18 heavy (non-hydrogen) atoms. The zero-order valence-electron chi connectivity index (χ0n) is 10.7. The van der Waals surface area contributed by atoms with Gasteiger partial charge in [-0.3, -0.25) is 4.68 Å². The van der Waals surface area contributed by atoms with E-state index in [0.717, 1.165) is 22.7 Å². The van der Waals surface area contributed by atoms with Crippen molar-refractivity contribution in [2.75, 3.05) is 12.4 Å². The maximum Gasteiger partial charge on any atom is 0.131 e. The first-order chi connectivity index (χ1) is 8.61. The Morgan fingerprint density at radius 3 is 2.50 bits per heavy atom. The van der Waals surface area contributed by atoms with Gasteiger partial charge in [0.15, 0.2) is 0 Å². The van der Waals surface area contributed by atoms with Crippen molar-refractivity contribution in [3.63, 3.8) is 0 Å². The number of anilines is 1. The molecule has 4 nitrogen and oxygen atoms in total. The third kappa shape index (κ3) is 2.59. The highest BCUT2D eigenvalue weighted by molar-refractivity contribution is 6.30. The van der Waals surface area contributed by atoms with Crippen LogP contribution in [0.1, 0.15) is 11.3 Å². The van der Waals surface area contributed by atoms with Crippen LogP contribution in [-0.4, -0.2) is 16.9 Å². The lowest BCUT2D eigenvalue weighted by Crippen LogP contribution is -2.00. The van der Waals surface area contributed by atoms with Gasteiger partial charge in [-0.05, 0) is 31.2 Å². The maximum atomic E-state index is 6.17. The second kappa shape index (κ2) is 5.31. The highest BCUT2D eigenvalue weighted by atomic mass is 35.5. The summed E-state index contributed by atoms with van der Waals surface area (Å²) in [5, 5.41) is 8.26. The minimum atomic E-state index is 0.658. The van der Waals surface area contributed by atoms with Gasteiger partial charge in [0.05, 0.1) is 12.8 Å². The number of nitrogens with one attached hydrogen (secondary N) is 1. The number of aryl methyl sites for hydroxylation is 2. The Bertz CT molecular complexity index is 534. The zero-order valence-corrected chi connectivity index (χ0v) is 11.5. The SMILES string of the molecule is COc1ccc(NCc2c(C)nn(C)c2Cl)cc1. The van der Waals surface area contributed by atoms with E-state index < -0.39 is 0 Å². The predicted octanol–water partition coefficient (Wildman–Crippen LogP) is 3.00. The van der Waals surface area contributed by atoms with Crippen molar-refractivity contribution in [1.82, 2.24) is 9.78 Å². The van der Waals surface area contributed by atoms with Crippen LogP contribution >= 0.6 is 11.6 Å². The summed E-state index contributed by atoms with van der Waals surface area (Å²) in [6.07, 6.45) is 0. The summed E-state index contributed by atoms with van der Waals surface area (Å²) < 4.78 is 6.79. The van der Waals surface area contributed by atoms with E-state index in [0.29, 0.717) is 11.7 Å². The van der Waals surface area contributed by atoms with Gasteiger partial charge < -0.3 is 10.1 Å². The van der Waals surface area contributed by atoms with E-state index in [9.17, 15) is 0 Å². The minimum Gasteiger partial charge on any atom is -0.497 e. The van der Waals surface area contributed by atoms with E-state index in [1.165, 1.54) is 0 Å². The van der Waals surface area contributed by atoms with Gasteiger partial charge in [0.1, 0.15) is 10.9 Å². The summed E-state index contributed by atoms with van der Waals surface area (Å²) >= 11 is 6.17. The lowest BCUT2D eigenvalue weighted by Gasteiger charge is -2.07. The Kier molecular flexibility index (Phi) is 3.77. The van der Waals surface area contributed by atoms with Gasteiger partial charge in [0.25, 0.3) is 0 Å². The van der Waals surface area contributed by atoms with Crippen molar-refractivity contribution in [1.29, 1.82) is 0 Å². The Hall–Kier alpha value is -1.68. The van der Waals surface area contributed by atoms with Gasteiger partial charge in [0, 0.05) is 24.8 Å². The van der Waals surface area contributed by atoms with Crippen LogP contribution in [0.4, 0.5) is 5.69 Å². The molecular formula is C13H16ClN3O. The second-order valence-corrected chi connectivity index (χ2v) is 4.42. The van der Waals surface area contributed by atoms with Crippen LogP contribution in [-0.2, 0) is 13.6 Å². The Labute approximate surface area is 112 Å². The number of rotatable bonds is 4. The van der Waals surface area contributed by atoms with E-state index in [4.69, 9.17) is 16.3 Å². The average Bonchev–Trinajstić information content (AvgIpc) is 2.62. The molecule has 0 fully saturated rings. The molecule has 96 valence electrons. The number of nitrogens with zero attached hydrogens (tertiary/aromatic N) is 2. The quantitative estimate of drug-likeness (QED) is 0.924. The van der Waals surface area contributed by atoms with Gasteiger partial charge >= 0.3 is 0 Å². The number of aromatic nitrogens is 2. The molecule has 0 saturated heterocycles. The fraction of sp³-hybridized carbons (Fsp3) is 0.308. The van der Waals surface area contributed by atoms with E-state index >= 15 is 0 Å². The lowest BCUT2D eigenvalue weighted by atomic mass is 10.2. The fourth-order valence-corrected chi connectivity index (χ4v) is 2.02. The first-order valence-corrected chi connectivity index (χ1v) is 6.05. The molecule has 1 aromatic carbocycles. The van der Waals surface area contributed by atoms with Crippen molar-refractivity contribution in [2.24, 2.45) is 7.05 Å². The number of hydrogen-bond acceptors (Lipinski definition) is 3. The fourth-order valence-electron chi connectivity index (χ4n) is 1.77. The van der Waals surface area contributed by atoms with Crippen molar-refractivity contribution in [2.45, 2.75) is 13.5 Å². The van der Waals surface area contributed by atoms with E-state index in [-0.39, 0.29) is 0 Å². The number of methoxy groups -OCH3 is 1. The molecule has 1 N–H and O–H groups in total. The number of halogens is 1. The van der Waals surface area contributed by atoms with Gasteiger partial charge in [-0.1, -0.05) is 11.6 Å². The first-order valence-electron chi connectivity index (χ1n) is 5.67. The highest BCUT2D eigenvalue weighted by Crippen LogP contribution is 2.21. The molecule has 2 aromatic rings. The largest absolute Gasteiger partial charge is 0.497 e. The molecule has 0 aliphatic carbocycles. The van der Waals surface area contributed by atoms with Crippen molar-refractivity contribution >= 4 is 17.3 Å². The van der Waals surface area contributed by atoms with E-state index in [2.05, 4.69) is 10.4 Å². The average molecular weight is 266 g/mol. The molecule has 0 radical (unpaired) electrons. The predicted molar refractivity (Wildman–Crippen MR) is 73.3 cm³/mol. The summed E-state index contributed by atoms with van der Waals surface area (Å²) in [7, 11) is 3.49. The molecule has 5 heteroatoms. The summed E-state index contributed by atoms with van der Waals surface area (Å²) in [4.78, 5) is 0. The van der Waals surface area contributed by atoms with Gasteiger partial charge in [-0.25, -0.2) is 0 Å². The maximum absolute atomic E-state index is 6.17. The Morgan fingerprint density at radius 1 is 1.33 bits per heavy atom. The standard InChI is InChI=1S/C13H16ClN3O/c1-9-12(13(14)17(2)16-9)8-15-10-4-6-11(18-3)7-5-10/h4-7,15H,8H2,1-3H3. The molecule has 0 spiro atoms. The molecule has 1 aromatic heterocycles. The monoisotopic (exact) mass is 265 g/mol. The molecule has 0 aliphatic heterocycles. The molecule has 2 rings (SSSR count). The summed E-state index contributed by atoms with van der Waals surface area (Å²) in [6.45, 7) is 2.61. The number of hydrogen-bond donors (Lipinski definition) is 1. The highest BCUT2D eigenvalue weighted by Gasteiger charge is 2.10. The molecule has 1 heterocycles. The lowest BCUT2D eigenvalue weighted by molar-refractivity contribution is 0.415. The third-order valence-electron chi connectivity index (χ3n) is 2.83. The first kappa shape index (κ1) is 12.8. The van der Waals surface area contributed by atoms with Crippen LogP contribution in [0.5, 0.6) is 5.75 Å². The molecule has 0 atom stereocenters. The van der Waals surface area contributed by atoms with E-state index in [1.807, 2.05) is 38.2 Å². The summed E-state index contributed by atoms with van der Waals surface area (Å²) in [6, 6.07) is 7.77. The van der Waals surface area contributed by atoms with Crippen LogP contribution in [0, 0.1) is 6.92 Å². The zero-order chi connectivity index (χ0) is 13.1. The smallest absolute Gasteiger partial charge is 0.131 e. The number of benzene rings is 1. The van der Waals surface area contributed by atoms with Gasteiger partial charge in [-0.15, -0.1) is 0 Å². The molecule has 0 aliphatic rings. The Morgan fingerprint density at radius 2 is 2.00 bits per heavy atom. The Balaban J connectivity index is 2.06. The van der Waals surface area contributed by atoms with Gasteiger partial charge in [-0.2, -0.15) is 5.10 Å². The van der Waals surface area contributed by atoms with Crippen molar-refractivity contribution in [3.8, 4) is 5.75 Å². The van der Waals surface area contributed by atoms with Crippen LogP contribution in [0.25, 0.3) is 0 Å². The third-order valence-corrected chi connectivity index (χ3v) is 3.30. The number of ether oxygens (including phenoxy) is 1. The van der Waals surface area contributed by atoms with Crippen molar-refractivity contribution < 1.29 is 4.74 Å². The molecule has 0 saturated carbocycles. The second-order valence-electron chi connectivity index (χ2n) is 4.06. The summed E-state index contributed by atoms with van der Waals surface area (Å²) in [5.41, 5.74) is 2.99. The van der Waals surface area contributed by atoms with Crippen molar-refractivity contribution in [3.05, 3.63) is 40.7 Å². The molecule has 0 unspecified atom stereocenters. The van der Waals surface area contributed by atoms with E-state index in [1.54, 1.807) is 11.8 Å². The van der Waals surface area contributed by atoms with Gasteiger partial charge in [0.2, 0.25) is 0 Å².